The number of benzene rings is 1. The van der Waals surface area contributed by atoms with Crippen LogP contribution in [0, 0.1) is 11.6 Å². The molecule has 1 nitrogen and oxygen atoms in total. The van der Waals surface area contributed by atoms with Crippen molar-refractivity contribution in [3.05, 3.63) is 33.8 Å². The summed E-state index contributed by atoms with van der Waals surface area (Å²) in [5, 5.41) is 0. The molecule has 80 valence electrons. The van der Waals surface area contributed by atoms with Gasteiger partial charge in [0.05, 0.1) is 9.89 Å². The Labute approximate surface area is 94.6 Å². The molecule has 1 aliphatic carbocycles. The highest BCUT2D eigenvalue weighted by atomic mass is 79.9. The fourth-order valence-electron chi connectivity index (χ4n) is 1.83. The smallest absolute Gasteiger partial charge is 0.144 e. The molecule has 15 heavy (non-hydrogen) atoms. The van der Waals surface area contributed by atoms with E-state index in [0.717, 1.165) is 0 Å². The molecule has 0 bridgehead atoms. The molecule has 0 unspecified atom stereocenters. The van der Waals surface area contributed by atoms with Crippen LogP contribution in [0.2, 0.25) is 0 Å². The van der Waals surface area contributed by atoms with Crippen molar-refractivity contribution in [2.24, 2.45) is 0 Å². The maximum Gasteiger partial charge on any atom is 0.144 e. The Morgan fingerprint density at radius 2 is 2.00 bits per heavy atom. The quantitative estimate of drug-likeness (QED) is 0.756. The predicted molar refractivity (Wildman–Crippen MR) is 55.7 cm³/mol. The van der Waals surface area contributed by atoms with Crippen molar-refractivity contribution in [2.45, 2.75) is 25.2 Å². The number of ketones is 1. The van der Waals surface area contributed by atoms with Crippen LogP contribution in [0.1, 0.15) is 25.3 Å². The molecule has 1 aromatic carbocycles. The molecule has 1 aromatic rings. The van der Waals surface area contributed by atoms with E-state index in [1.807, 2.05) is 0 Å². The molecule has 0 atom stereocenters. The topological polar surface area (TPSA) is 17.1 Å². The van der Waals surface area contributed by atoms with Gasteiger partial charge in [-0.05, 0) is 41.8 Å². The largest absolute Gasteiger partial charge is 0.299 e. The van der Waals surface area contributed by atoms with Gasteiger partial charge in [-0.25, -0.2) is 8.78 Å². The molecule has 0 aromatic heterocycles. The molecule has 0 saturated heterocycles. The Bertz CT molecular complexity index is 438. The van der Waals surface area contributed by atoms with Crippen molar-refractivity contribution < 1.29 is 13.6 Å². The zero-order valence-electron chi connectivity index (χ0n) is 8.11. The lowest BCUT2D eigenvalue weighted by Crippen LogP contribution is -2.19. The molecule has 1 fully saturated rings. The molecule has 1 saturated carbocycles. The molecule has 0 aliphatic heterocycles. The van der Waals surface area contributed by atoms with E-state index in [4.69, 9.17) is 0 Å². The van der Waals surface area contributed by atoms with Crippen molar-refractivity contribution in [3.63, 3.8) is 0 Å². The molecule has 2 rings (SSSR count). The highest BCUT2D eigenvalue weighted by Crippen LogP contribution is 2.50. The third-order valence-corrected chi connectivity index (χ3v) is 3.70. The third-order valence-electron chi connectivity index (χ3n) is 2.97. The van der Waals surface area contributed by atoms with Gasteiger partial charge in [-0.3, -0.25) is 4.79 Å². The zero-order valence-corrected chi connectivity index (χ0v) is 9.70. The highest BCUT2D eigenvalue weighted by Gasteiger charge is 2.50. The zero-order chi connectivity index (χ0) is 11.2. The Kier molecular flexibility index (Phi) is 2.41. The average molecular weight is 275 g/mol. The minimum atomic E-state index is -0.694. The van der Waals surface area contributed by atoms with Gasteiger partial charge in [-0.15, -0.1) is 0 Å². The number of halogens is 3. The molecule has 4 heteroatoms. The molecule has 0 spiro atoms. The van der Waals surface area contributed by atoms with E-state index >= 15 is 0 Å². The van der Waals surface area contributed by atoms with E-state index in [-0.39, 0.29) is 10.3 Å². The number of hydrogen-bond acceptors (Lipinski definition) is 1. The summed E-state index contributed by atoms with van der Waals surface area (Å²) in [5.41, 5.74) is -0.386. The van der Waals surface area contributed by atoms with Gasteiger partial charge in [0.2, 0.25) is 0 Å². The average Bonchev–Trinajstić information content (AvgIpc) is 2.95. The normalized spacial score (nSPS) is 17.6. The van der Waals surface area contributed by atoms with Crippen molar-refractivity contribution in [1.29, 1.82) is 0 Å². The second-order valence-corrected chi connectivity index (χ2v) is 4.65. The van der Waals surface area contributed by atoms with E-state index in [1.54, 1.807) is 0 Å². The SMILES string of the molecule is CC(=O)C1(c2ccc(F)c(Br)c2F)CC1. The van der Waals surface area contributed by atoms with Gasteiger partial charge in [0.1, 0.15) is 17.4 Å². The lowest BCUT2D eigenvalue weighted by molar-refractivity contribution is -0.119. The van der Waals surface area contributed by atoms with Crippen LogP contribution in [0.5, 0.6) is 0 Å². The third kappa shape index (κ3) is 1.51. The second-order valence-electron chi connectivity index (χ2n) is 3.86. The van der Waals surface area contributed by atoms with E-state index in [0.29, 0.717) is 18.4 Å². The predicted octanol–water partition coefficient (Wildman–Crippen LogP) is 3.35. The van der Waals surface area contributed by atoms with E-state index in [1.165, 1.54) is 19.1 Å². The first-order valence-electron chi connectivity index (χ1n) is 4.64. The summed E-state index contributed by atoms with van der Waals surface area (Å²) in [6.07, 6.45) is 1.30. The second kappa shape index (κ2) is 3.37. The Hall–Kier alpha value is -0.770. The van der Waals surface area contributed by atoms with Crippen LogP contribution in [-0.4, -0.2) is 5.78 Å². The summed E-state index contributed by atoms with van der Waals surface area (Å²) in [5.74, 6) is -1.35. The Balaban J connectivity index is 2.55. The number of carbonyl (C=O) groups is 1. The molecular formula is C11H9BrF2O. The summed E-state index contributed by atoms with van der Waals surface area (Å²) in [6.45, 7) is 1.45. The lowest BCUT2D eigenvalue weighted by atomic mass is 9.92. The number of carbonyl (C=O) groups excluding carboxylic acids is 1. The van der Waals surface area contributed by atoms with Crippen molar-refractivity contribution in [1.82, 2.24) is 0 Å². The van der Waals surface area contributed by atoms with Gasteiger partial charge in [0, 0.05) is 5.56 Å². The molecule has 1 aliphatic rings. The number of rotatable bonds is 2. The minimum absolute atomic E-state index is 0.0556. The summed E-state index contributed by atoms with van der Waals surface area (Å²) in [6, 6.07) is 2.55. The van der Waals surface area contributed by atoms with Gasteiger partial charge < -0.3 is 0 Å². The van der Waals surface area contributed by atoms with Crippen LogP contribution in [0.15, 0.2) is 16.6 Å². The summed E-state index contributed by atoms with van der Waals surface area (Å²) in [4.78, 5) is 11.4. The van der Waals surface area contributed by atoms with Crippen molar-refractivity contribution in [3.8, 4) is 0 Å². The summed E-state index contributed by atoms with van der Waals surface area (Å²) < 4.78 is 26.5. The summed E-state index contributed by atoms with van der Waals surface area (Å²) in [7, 11) is 0. The molecule has 0 amide bonds. The molecule has 0 radical (unpaired) electrons. The van der Waals surface area contributed by atoms with E-state index in [9.17, 15) is 13.6 Å². The highest BCUT2D eigenvalue weighted by molar-refractivity contribution is 9.10. The summed E-state index contributed by atoms with van der Waals surface area (Å²) >= 11 is 2.84. The Morgan fingerprint density at radius 3 is 2.47 bits per heavy atom. The molecule has 0 N–H and O–H groups in total. The van der Waals surface area contributed by atoms with Gasteiger partial charge in [-0.1, -0.05) is 6.07 Å². The van der Waals surface area contributed by atoms with E-state index < -0.39 is 17.0 Å². The van der Waals surface area contributed by atoms with Gasteiger partial charge in [-0.2, -0.15) is 0 Å². The van der Waals surface area contributed by atoms with E-state index in [2.05, 4.69) is 15.9 Å². The lowest BCUT2D eigenvalue weighted by Gasteiger charge is -2.13. The number of Topliss-reactive ketones (excluding diaryl/α,β-unsaturated/α-hetero) is 1. The Morgan fingerprint density at radius 1 is 1.40 bits per heavy atom. The van der Waals surface area contributed by atoms with Gasteiger partial charge in [0.25, 0.3) is 0 Å². The van der Waals surface area contributed by atoms with Gasteiger partial charge in [0.15, 0.2) is 0 Å². The minimum Gasteiger partial charge on any atom is -0.299 e. The first-order valence-corrected chi connectivity index (χ1v) is 5.43. The fourth-order valence-corrected chi connectivity index (χ4v) is 2.18. The van der Waals surface area contributed by atoms with Crippen LogP contribution in [-0.2, 0) is 10.2 Å². The fraction of sp³-hybridized carbons (Fsp3) is 0.364. The van der Waals surface area contributed by atoms with Crippen LogP contribution in [0.3, 0.4) is 0 Å². The monoisotopic (exact) mass is 274 g/mol. The number of hydrogen-bond donors (Lipinski definition) is 0. The van der Waals surface area contributed by atoms with Crippen LogP contribution in [0.4, 0.5) is 8.78 Å². The van der Waals surface area contributed by atoms with Crippen LogP contribution < -0.4 is 0 Å². The first-order chi connectivity index (χ1) is 6.99. The molecule has 0 heterocycles. The van der Waals surface area contributed by atoms with Crippen LogP contribution in [0.25, 0.3) is 0 Å². The maximum absolute atomic E-state index is 13.7. The van der Waals surface area contributed by atoms with Crippen molar-refractivity contribution >= 4 is 21.7 Å². The van der Waals surface area contributed by atoms with Crippen molar-refractivity contribution in [2.75, 3.05) is 0 Å². The molecular weight excluding hydrogens is 266 g/mol. The van der Waals surface area contributed by atoms with Gasteiger partial charge >= 0.3 is 0 Å². The standard InChI is InChI=1S/C11H9BrF2O/c1-6(15)11(4-5-11)7-2-3-8(13)9(12)10(7)14/h2-3H,4-5H2,1H3. The first kappa shape index (κ1) is 10.7. The maximum atomic E-state index is 13.7. The van der Waals surface area contributed by atoms with Crippen LogP contribution >= 0.6 is 15.9 Å².